The van der Waals surface area contributed by atoms with Gasteiger partial charge in [-0.25, -0.2) is 4.98 Å². The van der Waals surface area contributed by atoms with Gasteiger partial charge in [0.05, 0.1) is 12.2 Å². The number of nitrogens with zero attached hydrogens (tertiary/aromatic N) is 5. The van der Waals surface area contributed by atoms with Gasteiger partial charge in [-0.05, 0) is 12.1 Å². The predicted octanol–water partition coefficient (Wildman–Crippen LogP) is 1.13. The molecule has 0 aromatic carbocycles. The monoisotopic (exact) mass is 271 g/mol. The Morgan fingerprint density at radius 2 is 1.70 bits per heavy atom. The molecular weight excluding hydrogens is 250 g/mol. The van der Waals surface area contributed by atoms with Crippen LogP contribution in [0.3, 0.4) is 0 Å². The summed E-state index contributed by atoms with van der Waals surface area (Å²) in [7, 11) is 2.06. The molecule has 0 amide bonds. The number of pyridine rings is 1. The molecule has 0 aliphatic carbocycles. The molecular formula is C15H21N5. The Labute approximate surface area is 119 Å². The number of hydrogen-bond donors (Lipinski definition) is 0. The number of imidazole rings is 1. The Morgan fingerprint density at radius 1 is 0.950 bits per heavy atom. The van der Waals surface area contributed by atoms with Gasteiger partial charge in [-0.2, -0.15) is 0 Å². The summed E-state index contributed by atoms with van der Waals surface area (Å²) in [4.78, 5) is 13.7. The summed E-state index contributed by atoms with van der Waals surface area (Å²) in [6.45, 7) is 6.29. The first kappa shape index (κ1) is 13.3. The van der Waals surface area contributed by atoms with Gasteiger partial charge in [0, 0.05) is 58.4 Å². The van der Waals surface area contributed by atoms with E-state index in [0.29, 0.717) is 0 Å². The summed E-state index contributed by atoms with van der Waals surface area (Å²) < 4.78 is 2.10. The van der Waals surface area contributed by atoms with Gasteiger partial charge in [-0.3, -0.25) is 14.8 Å². The molecule has 1 fully saturated rings. The van der Waals surface area contributed by atoms with Crippen molar-refractivity contribution in [3.8, 4) is 0 Å². The molecule has 3 rings (SSSR count). The lowest BCUT2D eigenvalue weighted by molar-refractivity contribution is 0.118. The molecule has 0 atom stereocenters. The fourth-order valence-electron chi connectivity index (χ4n) is 2.58. The van der Waals surface area contributed by atoms with Crippen LogP contribution in [0.25, 0.3) is 0 Å². The zero-order valence-corrected chi connectivity index (χ0v) is 11.9. The van der Waals surface area contributed by atoms with Crippen molar-refractivity contribution in [1.29, 1.82) is 0 Å². The normalized spacial score (nSPS) is 17.4. The van der Waals surface area contributed by atoms with E-state index in [2.05, 4.69) is 43.5 Å². The zero-order chi connectivity index (χ0) is 13.8. The highest BCUT2D eigenvalue weighted by Crippen LogP contribution is 2.09. The quantitative estimate of drug-likeness (QED) is 0.835. The van der Waals surface area contributed by atoms with Crippen molar-refractivity contribution in [3.63, 3.8) is 0 Å². The van der Waals surface area contributed by atoms with E-state index in [1.54, 1.807) is 0 Å². The number of rotatable bonds is 4. The van der Waals surface area contributed by atoms with Crippen LogP contribution in [0.4, 0.5) is 0 Å². The van der Waals surface area contributed by atoms with Gasteiger partial charge < -0.3 is 4.57 Å². The Kier molecular flexibility index (Phi) is 4.08. The molecule has 1 aliphatic heterocycles. The third kappa shape index (κ3) is 3.23. The second kappa shape index (κ2) is 6.15. The van der Waals surface area contributed by atoms with E-state index >= 15 is 0 Å². The summed E-state index contributed by atoms with van der Waals surface area (Å²) in [6.07, 6.45) is 5.74. The third-order valence-corrected chi connectivity index (χ3v) is 3.86. The minimum Gasteiger partial charge on any atom is -0.337 e. The number of hydrogen-bond acceptors (Lipinski definition) is 4. The van der Waals surface area contributed by atoms with E-state index in [1.807, 2.05) is 24.7 Å². The van der Waals surface area contributed by atoms with Crippen LogP contribution in [0.5, 0.6) is 0 Å². The van der Waals surface area contributed by atoms with Crippen LogP contribution in [-0.2, 0) is 20.1 Å². The van der Waals surface area contributed by atoms with Crippen LogP contribution in [0.1, 0.15) is 11.5 Å². The van der Waals surface area contributed by atoms with E-state index in [1.165, 1.54) is 0 Å². The number of aromatic nitrogens is 3. The molecule has 0 unspecified atom stereocenters. The largest absolute Gasteiger partial charge is 0.337 e. The van der Waals surface area contributed by atoms with Gasteiger partial charge in [-0.15, -0.1) is 0 Å². The van der Waals surface area contributed by atoms with Crippen molar-refractivity contribution in [1.82, 2.24) is 24.3 Å². The van der Waals surface area contributed by atoms with Crippen molar-refractivity contribution in [2.24, 2.45) is 7.05 Å². The second-order valence-corrected chi connectivity index (χ2v) is 5.33. The Balaban J connectivity index is 1.49. The Morgan fingerprint density at radius 3 is 2.30 bits per heavy atom. The molecule has 20 heavy (non-hydrogen) atoms. The maximum Gasteiger partial charge on any atom is 0.122 e. The number of piperazine rings is 1. The summed E-state index contributed by atoms with van der Waals surface area (Å²) in [5.41, 5.74) is 1.16. The summed E-state index contributed by atoms with van der Waals surface area (Å²) in [5.74, 6) is 1.14. The Bertz CT molecular complexity index is 528. The van der Waals surface area contributed by atoms with Gasteiger partial charge in [0.25, 0.3) is 0 Å². The lowest BCUT2D eigenvalue weighted by atomic mass is 10.2. The van der Waals surface area contributed by atoms with Gasteiger partial charge in [0.15, 0.2) is 0 Å². The standard InChI is InChI=1S/C15H21N5/c1-18-7-6-17-15(18)13-20-10-8-19(9-11-20)12-14-4-2-3-5-16-14/h2-7H,8-13H2,1H3. The van der Waals surface area contributed by atoms with Gasteiger partial charge >= 0.3 is 0 Å². The molecule has 0 saturated carbocycles. The van der Waals surface area contributed by atoms with Crippen LogP contribution in [-0.4, -0.2) is 50.5 Å². The van der Waals surface area contributed by atoms with Crippen molar-refractivity contribution < 1.29 is 0 Å². The van der Waals surface area contributed by atoms with Gasteiger partial charge in [-0.1, -0.05) is 6.07 Å². The molecule has 0 bridgehead atoms. The van der Waals surface area contributed by atoms with Crippen LogP contribution in [0.15, 0.2) is 36.8 Å². The van der Waals surface area contributed by atoms with Crippen molar-refractivity contribution in [3.05, 3.63) is 48.3 Å². The molecule has 1 saturated heterocycles. The first-order chi connectivity index (χ1) is 9.81. The van der Waals surface area contributed by atoms with Crippen LogP contribution in [0.2, 0.25) is 0 Å². The fraction of sp³-hybridized carbons (Fsp3) is 0.467. The topological polar surface area (TPSA) is 37.2 Å². The van der Waals surface area contributed by atoms with E-state index in [0.717, 1.165) is 50.8 Å². The molecule has 2 aromatic rings. The second-order valence-electron chi connectivity index (χ2n) is 5.33. The minimum absolute atomic E-state index is 0.945. The molecule has 5 heteroatoms. The molecule has 0 N–H and O–H groups in total. The smallest absolute Gasteiger partial charge is 0.122 e. The third-order valence-electron chi connectivity index (χ3n) is 3.86. The zero-order valence-electron chi connectivity index (χ0n) is 11.9. The van der Waals surface area contributed by atoms with E-state index in [4.69, 9.17) is 0 Å². The maximum absolute atomic E-state index is 4.40. The lowest BCUT2D eigenvalue weighted by Gasteiger charge is -2.34. The first-order valence-electron chi connectivity index (χ1n) is 7.12. The number of aryl methyl sites for hydroxylation is 1. The van der Waals surface area contributed by atoms with Gasteiger partial charge in [0.2, 0.25) is 0 Å². The lowest BCUT2D eigenvalue weighted by Crippen LogP contribution is -2.45. The fourth-order valence-corrected chi connectivity index (χ4v) is 2.58. The SMILES string of the molecule is Cn1ccnc1CN1CCN(Cc2ccccn2)CC1. The molecule has 2 aromatic heterocycles. The molecule has 1 aliphatic rings. The molecule has 5 nitrogen and oxygen atoms in total. The van der Waals surface area contributed by atoms with Crippen LogP contribution in [0, 0.1) is 0 Å². The van der Waals surface area contributed by atoms with E-state index in [-0.39, 0.29) is 0 Å². The first-order valence-corrected chi connectivity index (χ1v) is 7.12. The van der Waals surface area contributed by atoms with Crippen LogP contribution >= 0.6 is 0 Å². The Hall–Kier alpha value is -1.72. The maximum atomic E-state index is 4.40. The van der Waals surface area contributed by atoms with Crippen molar-refractivity contribution in [2.45, 2.75) is 13.1 Å². The summed E-state index contributed by atoms with van der Waals surface area (Å²) in [6, 6.07) is 6.12. The van der Waals surface area contributed by atoms with Crippen LogP contribution < -0.4 is 0 Å². The summed E-state index contributed by atoms with van der Waals surface area (Å²) >= 11 is 0. The summed E-state index contributed by atoms with van der Waals surface area (Å²) in [5, 5.41) is 0. The highest BCUT2D eigenvalue weighted by Gasteiger charge is 2.18. The predicted molar refractivity (Wildman–Crippen MR) is 78.0 cm³/mol. The molecule has 3 heterocycles. The molecule has 106 valence electrons. The average molecular weight is 271 g/mol. The molecule has 0 radical (unpaired) electrons. The average Bonchev–Trinajstić information content (AvgIpc) is 2.88. The van der Waals surface area contributed by atoms with Gasteiger partial charge in [0.1, 0.15) is 5.82 Å². The van der Waals surface area contributed by atoms with Crippen molar-refractivity contribution >= 4 is 0 Å². The van der Waals surface area contributed by atoms with Crippen molar-refractivity contribution in [2.75, 3.05) is 26.2 Å². The minimum atomic E-state index is 0.945. The van der Waals surface area contributed by atoms with E-state index < -0.39 is 0 Å². The molecule has 0 spiro atoms. The van der Waals surface area contributed by atoms with E-state index in [9.17, 15) is 0 Å². The highest BCUT2D eigenvalue weighted by atomic mass is 15.3. The highest BCUT2D eigenvalue weighted by molar-refractivity contribution is 5.03.